The van der Waals surface area contributed by atoms with Crippen LogP contribution in [0.1, 0.15) is 19.4 Å². The molecule has 0 saturated carbocycles. The summed E-state index contributed by atoms with van der Waals surface area (Å²) in [5, 5.41) is 6.58. The lowest BCUT2D eigenvalue weighted by Gasteiger charge is -2.16. The van der Waals surface area contributed by atoms with Crippen molar-refractivity contribution < 1.29 is 4.74 Å². The van der Waals surface area contributed by atoms with E-state index in [1.807, 2.05) is 55.2 Å². The summed E-state index contributed by atoms with van der Waals surface area (Å²) in [4.78, 5) is 8.64. The van der Waals surface area contributed by atoms with Gasteiger partial charge in [0.1, 0.15) is 11.9 Å². The molecule has 1 heterocycles. The zero-order valence-corrected chi connectivity index (χ0v) is 14.7. The predicted molar refractivity (Wildman–Crippen MR) is 97.5 cm³/mol. The minimum atomic E-state index is 0.00945. The molecule has 0 fully saturated rings. The highest BCUT2D eigenvalue weighted by Gasteiger charge is 2.06. The molecule has 1 aromatic carbocycles. The molecule has 6 nitrogen and oxygen atoms in total. The number of para-hydroxylation sites is 1. The molecule has 0 radical (unpaired) electrons. The van der Waals surface area contributed by atoms with E-state index in [4.69, 9.17) is 4.74 Å². The molecule has 0 aliphatic carbocycles. The normalized spacial score (nSPS) is 12.7. The van der Waals surface area contributed by atoms with Crippen molar-refractivity contribution in [3.05, 3.63) is 48.5 Å². The van der Waals surface area contributed by atoms with E-state index in [2.05, 4.69) is 27.5 Å². The van der Waals surface area contributed by atoms with E-state index in [0.717, 1.165) is 36.9 Å². The highest BCUT2D eigenvalue weighted by Crippen LogP contribution is 2.17. The second kappa shape index (κ2) is 9.60. The third-order valence-electron chi connectivity index (χ3n) is 3.49. The quantitative estimate of drug-likeness (QED) is 0.576. The van der Waals surface area contributed by atoms with Crippen molar-refractivity contribution in [2.75, 3.05) is 19.6 Å². The van der Waals surface area contributed by atoms with E-state index < -0.39 is 0 Å². The van der Waals surface area contributed by atoms with Crippen LogP contribution in [0.2, 0.25) is 0 Å². The summed E-state index contributed by atoms with van der Waals surface area (Å²) in [7, 11) is 0. The Morgan fingerprint density at radius 3 is 2.88 bits per heavy atom. The molecule has 0 aliphatic rings. The number of imidazole rings is 1. The van der Waals surface area contributed by atoms with Crippen molar-refractivity contribution in [1.29, 1.82) is 0 Å². The van der Waals surface area contributed by atoms with Crippen LogP contribution in [0.3, 0.4) is 0 Å². The summed E-state index contributed by atoms with van der Waals surface area (Å²) in [5.74, 6) is 1.72. The highest BCUT2D eigenvalue weighted by atomic mass is 16.5. The first-order valence-electron chi connectivity index (χ1n) is 8.39. The van der Waals surface area contributed by atoms with Crippen molar-refractivity contribution in [2.45, 2.75) is 33.4 Å². The maximum absolute atomic E-state index is 5.96. The van der Waals surface area contributed by atoms with Crippen molar-refractivity contribution in [2.24, 2.45) is 4.99 Å². The first-order valence-corrected chi connectivity index (χ1v) is 8.39. The summed E-state index contributed by atoms with van der Waals surface area (Å²) in [6.45, 7) is 9.19. The SMILES string of the molecule is CCNC(=NCC(C)Oc1ccccc1C)NCCn1ccnc1. The molecule has 0 saturated heterocycles. The molecule has 0 spiro atoms. The topological polar surface area (TPSA) is 63.5 Å². The fourth-order valence-electron chi connectivity index (χ4n) is 2.23. The summed E-state index contributed by atoms with van der Waals surface area (Å²) in [6.07, 6.45) is 5.55. The number of aryl methyl sites for hydroxylation is 1. The van der Waals surface area contributed by atoms with E-state index in [1.165, 1.54) is 0 Å². The molecule has 0 bridgehead atoms. The van der Waals surface area contributed by atoms with Crippen molar-refractivity contribution in [3.8, 4) is 5.75 Å². The number of nitrogens with one attached hydrogen (secondary N) is 2. The molecule has 1 atom stereocenters. The van der Waals surface area contributed by atoms with Gasteiger partial charge in [-0.05, 0) is 32.4 Å². The summed E-state index contributed by atoms with van der Waals surface area (Å²) < 4.78 is 7.99. The molecule has 24 heavy (non-hydrogen) atoms. The number of hydrogen-bond acceptors (Lipinski definition) is 3. The monoisotopic (exact) mass is 329 g/mol. The highest BCUT2D eigenvalue weighted by molar-refractivity contribution is 5.79. The number of rotatable bonds is 8. The van der Waals surface area contributed by atoms with Gasteiger partial charge in [0.15, 0.2) is 5.96 Å². The lowest BCUT2D eigenvalue weighted by atomic mass is 10.2. The van der Waals surface area contributed by atoms with Crippen molar-refractivity contribution in [1.82, 2.24) is 20.2 Å². The number of ether oxygens (including phenoxy) is 1. The van der Waals surface area contributed by atoms with Crippen LogP contribution in [0.4, 0.5) is 0 Å². The van der Waals surface area contributed by atoms with Crippen LogP contribution in [-0.2, 0) is 6.54 Å². The van der Waals surface area contributed by atoms with Gasteiger partial charge in [-0.2, -0.15) is 0 Å². The van der Waals surface area contributed by atoms with Gasteiger partial charge in [-0.15, -0.1) is 0 Å². The Morgan fingerprint density at radius 1 is 1.33 bits per heavy atom. The number of benzene rings is 1. The zero-order chi connectivity index (χ0) is 17.2. The summed E-state index contributed by atoms with van der Waals surface area (Å²) in [6, 6.07) is 8.04. The number of aliphatic imine (C=N–C) groups is 1. The average molecular weight is 329 g/mol. The molecular formula is C18H27N5O. The first kappa shape index (κ1) is 17.8. The second-order valence-corrected chi connectivity index (χ2v) is 5.64. The van der Waals surface area contributed by atoms with Gasteiger partial charge in [0.25, 0.3) is 0 Å². The molecule has 0 amide bonds. The van der Waals surface area contributed by atoms with Crippen LogP contribution in [0, 0.1) is 6.92 Å². The maximum Gasteiger partial charge on any atom is 0.191 e. The predicted octanol–water partition coefficient (Wildman–Crippen LogP) is 2.21. The Balaban J connectivity index is 1.81. The third-order valence-corrected chi connectivity index (χ3v) is 3.49. The minimum absolute atomic E-state index is 0.00945. The molecule has 1 aromatic heterocycles. The van der Waals surface area contributed by atoms with E-state index in [-0.39, 0.29) is 6.10 Å². The minimum Gasteiger partial charge on any atom is -0.489 e. The lowest BCUT2D eigenvalue weighted by molar-refractivity contribution is 0.228. The van der Waals surface area contributed by atoms with E-state index in [0.29, 0.717) is 6.54 Å². The fraction of sp³-hybridized carbons (Fsp3) is 0.444. The molecule has 2 N–H and O–H groups in total. The summed E-state index contributed by atoms with van der Waals surface area (Å²) in [5.41, 5.74) is 1.14. The molecule has 130 valence electrons. The zero-order valence-electron chi connectivity index (χ0n) is 14.7. The van der Waals surface area contributed by atoms with Crippen molar-refractivity contribution >= 4 is 5.96 Å². The van der Waals surface area contributed by atoms with Crippen LogP contribution in [0.5, 0.6) is 5.75 Å². The van der Waals surface area contributed by atoms with Crippen LogP contribution in [0.25, 0.3) is 0 Å². The van der Waals surface area contributed by atoms with E-state index in [1.54, 1.807) is 6.20 Å². The summed E-state index contributed by atoms with van der Waals surface area (Å²) >= 11 is 0. The number of nitrogens with zero attached hydrogens (tertiary/aromatic N) is 3. The van der Waals surface area contributed by atoms with Gasteiger partial charge < -0.3 is 19.9 Å². The fourth-order valence-corrected chi connectivity index (χ4v) is 2.23. The molecule has 6 heteroatoms. The second-order valence-electron chi connectivity index (χ2n) is 5.64. The third kappa shape index (κ3) is 5.95. The van der Waals surface area contributed by atoms with Gasteiger partial charge >= 0.3 is 0 Å². The van der Waals surface area contributed by atoms with Gasteiger partial charge in [-0.1, -0.05) is 18.2 Å². The van der Waals surface area contributed by atoms with Crippen molar-refractivity contribution in [3.63, 3.8) is 0 Å². The Kier molecular flexibility index (Phi) is 7.14. The van der Waals surface area contributed by atoms with E-state index in [9.17, 15) is 0 Å². The Labute approximate surface area is 144 Å². The van der Waals surface area contributed by atoms with Crippen LogP contribution in [-0.4, -0.2) is 41.2 Å². The number of aromatic nitrogens is 2. The lowest BCUT2D eigenvalue weighted by Crippen LogP contribution is -2.39. The maximum atomic E-state index is 5.96. The molecular weight excluding hydrogens is 302 g/mol. The smallest absolute Gasteiger partial charge is 0.191 e. The average Bonchev–Trinajstić information content (AvgIpc) is 3.08. The molecule has 1 unspecified atom stereocenters. The van der Waals surface area contributed by atoms with Gasteiger partial charge in [-0.3, -0.25) is 0 Å². The molecule has 2 rings (SSSR count). The standard InChI is InChI=1S/C18H27N5O/c1-4-20-18(21-10-12-23-11-9-19-14-23)22-13-16(3)24-17-8-6-5-7-15(17)2/h5-9,11,14,16H,4,10,12-13H2,1-3H3,(H2,20,21,22). The largest absolute Gasteiger partial charge is 0.489 e. The Morgan fingerprint density at radius 2 is 2.17 bits per heavy atom. The molecule has 0 aliphatic heterocycles. The number of hydrogen-bond donors (Lipinski definition) is 2. The Bertz CT molecular complexity index is 624. The van der Waals surface area contributed by atoms with Crippen LogP contribution < -0.4 is 15.4 Å². The number of guanidine groups is 1. The van der Waals surface area contributed by atoms with Gasteiger partial charge in [-0.25, -0.2) is 9.98 Å². The van der Waals surface area contributed by atoms with Gasteiger partial charge in [0.05, 0.1) is 12.9 Å². The van der Waals surface area contributed by atoms with Gasteiger partial charge in [0.2, 0.25) is 0 Å². The molecule has 2 aromatic rings. The van der Waals surface area contributed by atoms with Crippen LogP contribution in [0.15, 0.2) is 48.0 Å². The van der Waals surface area contributed by atoms with Gasteiger partial charge in [0, 0.05) is 32.0 Å². The van der Waals surface area contributed by atoms with E-state index >= 15 is 0 Å². The van der Waals surface area contributed by atoms with Crippen LogP contribution >= 0.6 is 0 Å². The first-order chi connectivity index (χ1) is 11.7. The Hall–Kier alpha value is -2.50.